The van der Waals surface area contributed by atoms with Crippen LogP contribution < -0.4 is 0 Å². The zero-order chi connectivity index (χ0) is 18.9. The fourth-order valence-corrected chi connectivity index (χ4v) is 3.04. The van der Waals surface area contributed by atoms with Gasteiger partial charge in [-0.15, -0.1) is 0 Å². The van der Waals surface area contributed by atoms with Crippen LogP contribution in [-0.2, 0) is 4.74 Å². The Balaban J connectivity index is 2.09. The number of ether oxygens (including phenoxy) is 1. The summed E-state index contributed by atoms with van der Waals surface area (Å²) in [6, 6.07) is 2.66. The van der Waals surface area contributed by atoms with Crippen molar-refractivity contribution >= 4 is 27.9 Å². The molecule has 2 rings (SSSR count). The molecule has 0 unspecified atom stereocenters. The molecule has 1 aromatic rings. The van der Waals surface area contributed by atoms with Gasteiger partial charge in [0.05, 0.1) is 5.56 Å². The standard InChI is InChI=1S/C18H24BrFN2O3/c1-11-8-13(15(20)9-14(11)19)16(23)21-6-7-22(12(2)10-21)17(24)25-18(3,4)5/h8-9,12H,6-7,10H2,1-5H3/t12-/m1/s1. The fraction of sp³-hybridized carbons (Fsp3) is 0.556. The SMILES string of the molecule is Cc1cc(C(=O)N2CCN(C(=O)OC(C)(C)C)[C@H](C)C2)c(F)cc1Br. The first-order valence-corrected chi connectivity index (χ1v) is 9.03. The molecule has 0 spiro atoms. The van der Waals surface area contributed by atoms with Gasteiger partial charge in [0.2, 0.25) is 0 Å². The van der Waals surface area contributed by atoms with Crippen LogP contribution in [0.2, 0.25) is 0 Å². The number of halogens is 2. The van der Waals surface area contributed by atoms with E-state index in [1.165, 1.54) is 6.07 Å². The lowest BCUT2D eigenvalue weighted by Crippen LogP contribution is -2.56. The van der Waals surface area contributed by atoms with Crippen molar-refractivity contribution in [1.82, 2.24) is 9.80 Å². The number of amides is 2. The lowest BCUT2D eigenvalue weighted by molar-refractivity contribution is 0.00190. The summed E-state index contributed by atoms with van der Waals surface area (Å²) >= 11 is 3.26. The molecule has 0 saturated carbocycles. The number of hydrogen-bond donors (Lipinski definition) is 0. The van der Waals surface area contributed by atoms with Crippen molar-refractivity contribution in [3.63, 3.8) is 0 Å². The molecule has 1 aliphatic rings. The van der Waals surface area contributed by atoms with E-state index in [1.54, 1.807) is 15.9 Å². The van der Waals surface area contributed by atoms with Crippen LogP contribution in [0.15, 0.2) is 16.6 Å². The van der Waals surface area contributed by atoms with Crippen molar-refractivity contribution in [1.29, 1.82) is 0 Å². The first-order chi connectivity index (χ1) is 11.5. The van der Waals surface area contributed by atoms with Crippen LogP contribution in [0.25, 0.3) is 0 Å². The second-order valence-corrected chi connectivity index (χ2v) is 8.21. The molecular weight excluding hydrogens is 391 g/mol. The van der Waals surface area contributed by atoms with Crippen LogP contribution >= 0.6 is 15.9 Å². The number of carbonyl (C=O) groups is 2. The van der Waals surface area contributed by atoms with E-state index >= 15 is 0 Å². The number of benzene rings is 1. The summed E-state index contributed by atoms with van der Waals surface area (Å²) in [5.74, 6) is -0.909. The first kappa shape index (κ1) is 19.7. The van der Waals surface area contributed by atoms with Crippen LogP contribution in [0.3, 0.4) is 0 Å². The second-order valence-electron chi connectivity index (χ2n) is 7.36. The van der Waals surface area contributed by atoms with E-state index in [4.69, 9.17) is 4.74 Å². The second kappa shape index (κ2) is 7.32. The Hall–Kier alpha value is -1.63. The molecule has 1 saturated heterocycles. The summed E-state index contributed by atoms with van der Waals surface area (Å²) in [7, 11) is 0. The Morgan fingerprint density at radius 3 is 2.48 bits per heavy atom. The van der Waals surface area contributed by atoms with Crippen molar-refractivity contribution in [3.8, 4) is 0 Å². The van der Waals surface area contributed by atoms with Crippen molar-refractivity contribution in [2.75, 3.05) is 19.6 Å². The molecule has 1 heterocycles. The summed E-state index contributed by atoms with van der Waals surface area (Å²) in [6.45, 7) is 10.1. The number of aryl methyl sites for hydroxylation is 1. The van der Waals surface area contributed by atoms with Crippen LogP contribution in [0, 0.1) is 12.7 Å². The molecule has 0 N–H and O–H groups in total. The summed E-state index contributed by atoms with van der Waals surface area (Å²) in [4.78, 5) is 28.1. The highest BCUT2D eigenvalue weighted by Crippen LogP contribution is 2.23. The number of nitrogens with zero attached hydrogens (tertiary/aromatic N) is 2. The van der Waals surface area contributed by atoms with Crippen LogP contribution in [-0.4, -0.2) is 53.1 Å². The zero-order valence-corrected chi connectivity index (χ0v) is 16.8. The molecule has 25 heavy (non-hydrogen) atoms. The van der Waals surface area contributed by atoms with Gasteiger partial charge in [0.15, 0.2) is 0 Å². The molecule has 0 aliphatic carbocycles. The predicted octanol–water partition coefficient (Wildman–Crippen LogP) is 3.98. The molecule has 0 aromatic heterocycles. The van der Waals surface area contributed by atoms with Gasteiger partial charge in [0.1, 0.15) is 11.4 Å². The van der Waals surface area contributed by atoms with Gasteiger partial charge >= 0.3 is 6.09 Å². The largest absolute Gasteiger partial charge is 0.444 e. The van der Waals surface area contributed by atoms with Crippen molar-refractivity contribution in [2.45, 2.75) is 46.3 Å². The Kier molecular flexibility index (Phi) is 5.76. The van der Waals surface area contributed by atoms with Gasteiger partial charge in [-0.2, -0.15) is 0 Å². The van der Waals surface area contributed by atoms with Crippen molar-refractivity contribution in [3.05, 3.63) is 33.5 Å². The Bertz CT molecular complexity index is 688. The van der Waals surface area contributed by atoms with E-state index in [0.29, 0.717) is 24.1 Å². The van der Waals surface area contributed by atoms with Crippen molar-refractivity contribution < 1.29 is 18.7 Å². The summed E-state index contributed by atoms with van der Waals surface area (Å²) < 4.78 is 20.2. The molecule has 0 bridgehead atoms. The monoisotopic (exact) mass is 414 g/mol. The van der Waals surface area contributed by atoms with Gasteiger partial charge < -0.3 is 14.5 Å². The summed E-state index contributed by atoms with van der Waals surface area (Å²) in [5.41, 5.74) is 0.283. The van der Waals surface area contributed by atoms with E-state index in [0.717, 1.165) is 5.56 Å². The summed E-state index contributed by atoms with van der Waals surface area (Å²) in [5, 5.41) is 0. The zero-order valence-electron chi connectivity index (χ0n) is 15.2. The van der Waals surface area contributed by atoms with E-state index in [9.17, 15) is 14.0 Å². The van der Waals surface area contributed by atoms with E-state index < -0.39 is 17.5 Å². The molecule has 0 radical (unpaired) electrons. The lowest BCUT2D eigenvalue weighted by Gasteiger charge is -2.40. The van der Waals surface area contributed by atoms with Gasteiger partial charge in [-0.3, -0.25) is 4.79 Å². The predicted molar refractivity (Wildman–Crippen MR) is 97.1 cm³/mol. The third-order valence-electron chi connectivity index (χ3n) is 4.02. The Morgan fingerprint density at radius 2 is 1.92 bits per heavy atom. The molecule has 1 fully saturated rings. The van der Waals surface area contributed by atoms with Crippen molar-refractivity contribution in [2.24, 2.45) is 0 Å². The number of hydrogen-bond acceptors (Lipinski definition) is 3. The van der Waals surface area contributed by atoms with Crippen LogP contribution in [0.1, 0.15) is 43.6 Å². The third-order valence-corrected chi connectivity index (χ3v) is 4.88. The minimum atomic E-state index is -0.568. The molecule has 7 heteroatoms. The number of carbonyl (C=O) groups excluding carboxylic acids is 2. The van der Waals surface area contributed by atoms with E-state index in [2.05, 4.69) is 15.9 Å². The maximum absolute atomic E-state index is 14.2. The molecule has 5 nitrogen and oxygen atoms in total. The quantitative estimate of drug-likeness (QED) is 0.698. The maximum atomic E-state index is 14.2. The third kappa shape index (κ3) is 4.71. The molecule has 138 valence electrons. The number of piperazine rings is 1. The molecule has 1 aromatic carbocycles. The minimum absolute atomic E-state index is 0.0543. The van der Waals surface area contributed by atoms with Crippen LogP contribution in [0.4, 0.5) is 9.18 Å². The smallest absolute Gasteiger partial charge is 0.410 e. The fourth-order valence-electron chi connectivity index (χ4n) is 2.73. The van der Waals surface area contributed by atoms with Gasteiger partial charge in [-0.1, -0.05) is 15.9 Å². The van der Waals surface area contributed by atoms with Gasteiger partial charge in [0.25, 0.3) is 5.91 Å². The minimum Gasteiger partial charge on any atom is -0.444 e. The highest BCUT2D eigenvalue weighted by atomic mass is 79.9. The first-order valence-electron chi connectivity index (χ1n) is 8.24. The molecule has 2 amide bonds. The average molecular weight is 415 g/mol. The maximum Gasteiger partial charge on any atom is 0.410 e. The average Bonchev–Trinajstić information content (AvgIpc) is 2.48. The molecule has 1 atom stereocenters. The van der Waals surface area contributed by atoms with Gasteiger partial charge in [-0.05, 0) is 52.3 Å². The highest BCUT2D eigenvalue weighted by molar-refractivity contribution is 9.10. The van der Waals surface area contributed by atoms with Gasteiger partial charge in [-0.25, -0.2) is 9.18 Å². The normalized spacial score (nSPS) is 18.3. The highest BCUT2D eigenvalue weighted by Gasteiger charge is 2.33. The summed E-state index contributed by atoms with van der Waals surface area (Å²) in [6.07, 6.45) is -0.391. The van der Waals surface area contributed by atoms with Gasteiger partial charge in [0, 0.05) is 30.1 Å². The van der Waals surface area contributed by atoms with E-state index in [1.807, 2.05) is 34.6 Å². The van der Waals surface area contributed by atoms with E-state index in [-0.39, 0.29) is 17.5 Å². The molecule has 1 aliphatic heterocycles. The number of rotatable bonds is 1. The Labute approximate surface area is 156 Å². The Morgan fingerprint density at radius 1 is 1.28 bits per heavy atom. The lowest BCUT2D eigenvalue weighted by atomic mass is 10.1. The topological polar surface area (TPSA) is 49.9 Å². The van der Waals surface area contributed by atoms with Crippen LogP contribution in [0.5, 0.6) is 0 Å². The molecular formula is C18H24BrFN2O3.